The van der Waals surface area contributed by atoms with E-state index in [4.69, 9.17) is 21.3 Å². The zero-order chi connectivity index (χ0) is 25.4. The van der Waals surface area contributed by atoms with Crippen molar-refractivity contribution < 1.29 is 4.74 Å². The van der Waals surface area contributed by atoms with E-state index in [-0.39, 0.29) is 23.8 Å². The highest BCUT2D eigenvalue weighted by molar-refractivity contribution is 6.33. The fourth-order valence-electron chi connectivity index (χ4n) is 4.92. The molecule has 1 fully saturated rings. The highest BCUT2D eigenvalue weighted by atomic mass is 35.5. The van der Waals surface area contributed by atoms with Gasteiger partial charge in [-0.2, -0.15) is 4.98 Å². The Balaban J connectivity index is 1.51. The van der Waals surface area contributed by atoms with Crippen LogP contribution in [0.15, 0.2) is 47.7 Å². The Hall–Kier alpha value is -3.36. The molecule has 0 bridgehead atoms. The van der Waals surface area contributed by atoms with Crippen LogP contribution in [0.25, 0.3) is 33.4 Å². The SMILES string of the molecule is CCn1c(=O)c(-c2ccc(-c3cncc(C)n3)cc2Cl)cc2cnc(NC3CC(C)OC(C)C3)nc21. The average Bonchev–Trinajstić information content (AvgIpc) is 2.83. The maximum Gasteiger partial charge on any atom is 0.260 e. The van der Waals surface area contributed by atoms with Crippen molar-refractivity contribution in [2.24, 2.45) is 0 Å². The van der Waals surface area contributed by atoms with E-state index >= 15 is 0 Å². The van der Waals surface area contributed by atoms with Gasteiger partial charge in [0, 0.05) is 52.1 Å². The summed E-state index contributed by atoms with van der Waals surface area (Å²) in [5.74, 6) is 0.518. The van der Waals surface area contributed by atoms with Crippen LogP contribution in [0.5, 0.6) is 0 Å². The largest absolute Gasteiger partial charge is 0.375 e. The van der Waals surface area contributed by atoms with Crippen LogP contribution in [0, 0.1) is 6.92 Å². The molecule has 0 saturated carbocycles. The molecule has 9 heteroatoms. The van der Waals surface area contributed by atoms with E-state index < -0.39 is 0 Å². The Bertz CT molecular complexity index is 1480. The monoisotopic (exact) mass is 504 g/mol. The van der Waals surface area contributed by atoms with Crippen molar-refractivity contribution in [3.63, 3.8) is 0 Å². The summed E-state index contributed by atoms with van der Waals surface area (Å²) in [6.07, 6.45) is 7.28. The third-order valence-corrected chi connectivity index (χ3v) is 6.80. The van der Waals surface area contributed by atoms with Gasteiger partial charge in [-0.15, -0.1) is 0 Å². The first-order valence-corrected chi connectivity index (χ1v) is 12.6. The number of nitrogens with one attached hydrogen (secondary N) is 1. The molecule has 1 saturated heterocycles. The van der Waals surface area contributed by atoms with Crippen LogP contribution in [0.2, 0.25) is 5.02 Å². The second-order valence-corrected chi connectivity index (χ2v) is 9.80. The topological polar surface area (TPSA) is 94.8 Å². The number of benzene rings is 1. The molecule has 1 aliphatic rings. The first kappa shape index (κ1) is 24.3. The van der Waals surface area contributed by atoms with Gasteiger partial charge in [0.05, 0.1) is 29.8 Å². The van der Waals surface area contributed by atoms with Crippen LogP contribution in [-0.2, 0) is 11.3 Å². The van der Waals surface area contributed by atoms with E-state index in [1.807, 2.05) is 38.1 Å². The minimum atomic E-state index is -0.145. The van der Waals surface area contributed by atoms with Gasteiger partial charge < -0.3 is 10.1 Å². The molecule has 8 nitrogen and oxygen atoms in total. The molecule has 3 aromatic heterocycles. The molecule has 4 heterocycles. The fourth-order valence-corrected chi connectivity index (χ4v) is 5.20. The number of fused-ring (bicyclic) bond motifs is 1. The molecule has 2 unspecified atom stereocenters. The van der Waals surface area contributed by atoms with Crippen molar-refractivity contribution >= 4 is 28.6 Å². The van der Waals surface area contributed by atoms with E-state index in [9.17, 15) is 4.79 Å². The Morgan fingerprint density at radius 2 is 1.86 bits per heavy atom. The molecule has 1 aromatic carbocycles. The maximum atomic E-state index is 13.5. The van der Waals surface area contributed by atoms with Crippen molar-refractivity contribution in [3.8, 4) is 22.4 Å². The predicted molar refractivity (Wildman–Crippen MR) is 142 cm³/mol. The minimum absolute atomic E-state index is 0.145. The summed E-state index contributed by atoms with van der Waals surface area (Å²) in [5, 5.41) is 4.68. The molecule has 186 valence electrons. The zero-order valence-corrected chi connectivity index (χ0v) is 21.6. The molecule has 2 atom stereocenters. The lowest BCUT2D eigenvalue weighted by Crippen LogP contribution is -2.37. The number of nitrogens with zero attached hydrogens (tertiary/aromatic N) is 5. The lowest BCUT2D eigenvalue weighted by atomic mass is 10.0. The minimum Gasteiger partial charge on any atom is -0.375 e. The predicted octanol–water partition coefficient (Wildman–Crippen LogP) is 5.27. The smallest absolute Gasteiger partial charge is 0.260 e. The van der Waals surface area contributed by atoms with E-state index in [1.54, 1.807) is 23.2 Å². The van der Waals surface area contributed by atoms with Crippen molar-refractivity contribution in [2.45, 2.75) is 65.3 Å². The number of aryl methyl sites for hydroxylation is 2. The van der Waals surface area contributed by atoms with Crippen LogP contribution >= 0.6 is 11.6 Å². The number of halogens is 1. The summed E-state index contributed by atoms with van der Waals surface area (Å²) in [4.78, 5) is 31.5. The number of aromatic nitrogens is 5. The molecule has 5 rings (SSSR count). The second-order valence-electron chi connectivity index (χ2n) is 9.39. The lowest BCUT2D eigenvalue weighted by Gasteiger charge is -2.32. The summed E-state index contributed by atoms with van der Waals surface area (Å²) in [6.45, 7) is 8.45. The molecular formula is C27H29ClN6O2. The van der Waals surface area contributed by atoms with Crippen LogP contribution in [0.4, 0.5) is 5.95 Å². The Kier molecular flexibility index (Phi) is 6.73. The third kappa shape index (κ3) is 4.83. The summed E-state index contributed by atoms with van der Waals surface area (Å²) >= 11 is 6.68. The number of rotatable bonds is 5. The van der Waals surface area contributed by atoms with Crippen LogP contribution in [-0.4, -0.2) is 42.8 Å². The van der Waals surface area contributed by atoms with Gasteiger partial charge in [-0.25, -0.2) is 9.97 Å². The molecule has 1 aliphatic heterocycles. The summed E-state index contributed by atoms with van der Waals surface area (Å²) in [7, 11) is 0. The van der Waals surface area contributed by atoms with E-state index in [1.165, 1.54) is 0 Å². The standard InChI is InChI=1S/C27H29ClN6O2/c1-5-34-25-19(13-30-27(33-25)32-20-8-16(3)36-17(4)9-20)10-22(26(34)35)21-7-6-18(11-23(21)28)24-14-29-12-15(2)31-24/h6-7,10-14,16-17,20H,5,8-9H2,1-4H3,(H,30,32,33). The maximum absolute atomic E-state index is 13.5. The normalized spacial score (nSPS) is 20.0. The average molecular weight is 505 g/mol. The Labute approximate surface area is 214 Å². The van der Waals surface area contributed by atoms with Gasteiger partial charge in [0.15, 0.2) is 0 Å². The fraction of sp³-hybridized carbons (Fsp3) is 0.370. The Morgan fingerprint density at radius 3 is 2.56 bits per heavy atom. The molecule has 0 radical (unpaired) electrons. The lowest BCUT2D eigenvalue weighted by molar-refractivity contribution is -0.0338. The number of pyridine rings is 1. The molecule has 4 aromatic rings. The second kappa shape index (κ2) is 9.95. The molecular weight excluding hydrogens is 476 g/mol. The van der Waals surface area contributed by atoms with Gasteiger partial charge in [0.25, 0.3) is 5.56 Å². The van der Waals surface area contributed by atoms with E-state index in [0.717, 1.165) is 35.2 Å². The highest BCUT2D eigenvalue weighted by Crippen LogP contribution is 2.31. The van der Waals surface area contributed by atoms with Crippen LogP contribution < -0.4 is 10.9 Å². The van der Waals surface area contributed by atoms with Crippen LogP contribution in [0.3, 0.4) is 0 Å². The zero-order valence-electron chi connectivity index (χ0n) is 20.8. The molecule has 0 spiro atoms. The van der Waals surface area contributed by atoms with Gasteiger partial charge in [-0.1, -0.05) is 23.7 Å². The van der Waals surface area contributed by atoms with Gasteiger partial charge in [-0.05, 0) is 52.7 Å². The molecule has 0 amide bonds. The highest BCUT2D eigenvalue weighted by Gasteiger charge is 2.25. The van der Waals surface area contributed by atoms with Gasteiger partial charge in [0.2, 0.25) is 5.95 Å². The number of ether oxygens (including phenoxy) is 1. The number of hydrogen-bond acceptors (Lipinski definition) is 7. The third-order valence-electron chi connectivity index (χ3n) is 6.48. The van der Waals surface area contributed by atoms with E-state index in [2.05, 4.69) is 34.1 Å². The number of anilines is 1. The quantitative estimate of drug-likeness (QED) is 0.396. The summed E-state index contributed by atoms with van der Waals surface area (Å²) in [6, 6.07) is 7.62. The van der Waals surface area contributed by atoms with Crippen LogP contribution in [0.1, 0.15) is 39.3 Å². The first-order chi connectivity index (χ1) is 17.3. The van der Waals surface area contributed by atoms with Gasteiger partial charge in [0.1, 0.15) is 5.65 Å². The van der Waals surface area contributed by atoms with E-state index in [0.29, 0.717) is 34.3 Å². The molecule has 1 N–H and O–H groups in total. The Morgan fingerprint density at radius 1 is 1.08 bits per heavy atom. The van der Waals surface area contributed by atoms with Crippen molar-refractivity contribution in [1.29, 1.82) is 0 Å². The van der Waals surface area contributed by atoms with Crippen molar-refractivity contribution in [3.05, 3.63) is 63.9 Å². The summed E-state index contributed by atoms with van der Waals surface area (Å²) < 4.78 is 7.51. The molecule has 0 aliphatic carbocycles. The summed E-state index contributed by atoms with van der Waals surface area (Å²) in [5.41, 5.74) is 4.01. The first-order valence-electron chi connectivity index (χ1n) is 12.2. The van der Waals surface area contributed by atoms with Gasteiger partial charge in [-0.3, -0.25) is 14.3 Å². The van der Waals surface area contributed by atoms with Gasteiger partial charge >= 0.3 is 0 Å². The molecule has 36 heavy (non-hydrogen) atoms. The van der Waals surface area contributed by atoms with Crippen molar-refractivity contribution in [2.75, 3.05) is 5.32 Å². The number of hydrogen-bond donors (Lipinski definition) is 1. The van der Waals surface area contributed by atoms with Crippen molar-refractivity contribution in [1.82, 2.24) is 24.5 Å².